The van der Waals surface area contributed by atoms with Crippen LogP contribution in [0.3, 0.4) is 0 Å². The summed E-state index contributed by atoms with van der Waals surface area (Å²) in [5.41, 5.74) is 0. The third-order valence-electron chi connectivity index (χ3n) is 3.89. The Morgan fingerprint density at radius 2 is 2.31 bits per heavy atom. The minimum atomic E-state index is -0.217. The van der Waals surface area contributed by atoms with Crippen molar-refractivity contribution >= 4 is 5.91 Å². The van der Waals surface area contributed by atoms with E-state index in [0.29, 0.717) is 6.54 Å². The summed E-state index contributed by atoms with van der Waals surface area (Å²) >= 11 is 0. The zero-order chi connectivity index (χ0) is 11.5. The second-order valence-corrected chi connectivity index (χ2v) is 4.96. The predicted octanol–water partition coefficient (Wildman–Crippen LogP) is 0.358. The van der Waals surface area contributed by atoms with Crippen molar-refractivity contribution in [2.45, 2.75) is 44.8 Å². The van der Waals surface area contributed by atoms with Crippen molar-refractivity contribution in [1.29, 1.82) is 0 Å². The van der Waals surface area contributed by atoms with Gasteiger partial charge in [0, 0.05) is 19.0 Å². The van der Waals surface area contributed by atoms with Crippen molar-refractivity contribution in [2.75, 3.05) is 19.6 Å². The number of piperidine rings is 1. The van der Waals surface area contributed by atoms with E-state index in [2.05, 4.69) is 12.2 Å². The fraction of sp³-hybridized carbons (Fsp3) is 0.917. The van der Waals surface area contributed by atoms with Gasteiger partial charge in [-0.3, -0.25) is 4.79 Å². The van der Waals surface area contributed by atoms with Crippen molar-refractivity contribution in [3.8, 4) is 0 Å². The number of nitrogens with one attached hydrogen (secondary N) is 1. The molecule has 0 bridgehead atoms. The highest BCUT2D eigenvalue weighted by molar-refractivity contribution is 5.82. The van der Waals surface area contributed by atoms with Crippen LogP contribution in [0.2, 0.25) is 0 Å². The Kier molecular flexibility index (Phi) is 3.82. The summed E-state index contributed by atoms with van der Waals surface area (Å²) in [5.74, 6) is 0.502. The van der Waals surface area contributed by atoms with E-state index >= 15 is 0 Å². The summed E-state index contributed by atoms with van der Waals surface area (Å²) < 4.78 is 0. The Morgan fingerprint density at radius 1 is 1.50 bits per heavy atom. The molecule has 92 valence electrons. The number of carbonyl (C=O) groups excluding carboxylic acids is 1. The fourth-order valence-corrected chi connectivity index (χ4v) is 2.74. The van der Waals surface area contributed by atoms with E-state index in [4.69, 9.17) is 0 Å². The van der Waals surface area contributed by atoms with Gasteiger partial charge in [0.25, 0.3) is 0 Å². The number of hydrogen-bond acceptors (Lipinski definition) is 3. The van der Waals surface area contributed by atoms with Crippen molar-refractivity contribution in [1.82, 2.24) is 10.2 Å². The summed E-state index contributed by atoms with van der Waals surface area (Å²) in [6, 6.07) is 0.0350. The van der Waals surface area contributed by atoms with Gasteiger partial charge in [0.15, 0.2) is 0 Å². The lowest BCUT2D eigenvalue weighted by molar-refractivity contribution is -0.136. The van der Waals surface area contributed by atoms with Gasteiger partial charge >= 0.3 is 0 Å². The molecule has 2 rings (SSSR count). The van der Waals surface area contributed by atoms with Gasteiger partial charge < -0.3 is 15.3 Å². The SMILES string of the molecule is CC[C@@H]1CN(C(=O)[C@H]2CCCN2)CC[C@H]1O. The molecule has 4 heteroatoms. The molecule has 2 fully saturated rings. The van der Waals surface area contributed by atoms with Gasteiger partial charge in [-0.1, -0.05) is 6.92 Å². The Hall–Kier alpha value is -0.610. The zero-order valence-electron chi connectivity index (χ0n) is 9.98. The highest BCUT2D eigenvalue weighted by Crippen LogP contribution is 2.21. The van der Waals surface area contributed by atoms with E-state index in [-0.39, 0.29) is 24.0 Å². The van der Waals surface area contributed by atoms with Crippen LogP contribution in [0.5, 0.6) is 0 Å². The molecule has 0 spiro atoms. The molecule has 2 saturated heterocycles. The summed E-state index contributed by atoms with van der Waals surface area (Å²) in [5, 5.41) is 13.0. The van der Waals surface area contributed by atoms with Gasteiger partial charge in [0.2, 0.25) is 5.91 Å². The highest BCUT2D eigenvalue weighted by Gasteiger charge is 2.33. The summed E-state index contributed by atoms with van der Waals surface area (Å²) in [6.07, 6.45) is 3.53. The molecule has 4 nitrogen and oxygen atoms in total. The molecule has 3 atom stereocenters. The predicted molar refractivity (Wildman–Crippen MR) is 62.0 cm³/mol. The van der Waals surface area contributed by atoms with Crippen LogP contribution in [0.15, 0.2) is 0 Å². The second-order valence-electron chi connectivity index (χ2n) is 4.96. The minimum Gasteiger partial charge on any atom is -0.393 e. The molecule has 0 aromatic heterocycles. The van der Waals surface area contributed by atoms with Crippen molar-refractivity contribution in [3.05, 3.63) is 0 Å². The van der Waals surface area contributed by atoms with Crippen LogP contribution < -0.4 is 5.32 Å². The standard InChI is InChI=1S/C12H22N2O2/c1-2-9-8-14(7-5-11(9)15)12(16)10-4-3-6-13-10/h9-11,13,15H,2-8H2,1H3/t9-,10-,11-/m1/s1. The third kappa shape index (κ3) is 2.38. The first kappa shape index (κ1) is 11.9. The van der Waals surface area contributed by atoms with Crippen molar-refractivity contribution in [2.24, 2.45) is 5.92 Å². The van der Waals surface area contributed by atoms with Crippen LogP contribution in [-0.2, 0) is 4.79 Å². The average molecular weight is 226 g/mol. The van der Waals surface area contributed by atoms with Gasteiger partial charge in [-0.25, -0.2) is 0 Å². The second kappa shape index (κ2) is 5.15. The molecule has 0 aliphatic carbocycles. The van der Waals surface area contributed by atoms with Gasteiger partial charge in [-0.2, -0.15) is 0 Å². The first-order valence-corrected chi connectivity index (χ1v) is 6.42. The number of carbonyl (C=O) groups is 1. The van der Waals surface area contributed by atoms with Crippen LogP contribution >= 0.6 is 0 Å². The molecule has 0 aromatic carbocycles. The Labute approximate surface area is 97.0 Å². The van der Waals surface area contributed by atoms with E-state index < -0.39 is 0 Å². The van der Waals surface area contributed by atoms with Crippen LogP contribution in [0, 0.1) is 5.92 Å². The smallest absolute Gasteiger partial charge is 0.239 e. The van der Waals surface area contributed by atoms with Crippen LogP contribution in [0.25, 0.3) is 0 Å². The molecule has 0 aromatic rings. The lowest BCUT2D eigenvalue weighted by Gasteiger charge is -2.37. The lowest BCUT2D eigenvalue weighted by atomic mass is 9.92. The maximum absolute atomic E-state index is 12.2. The maximum atomic E-state index is 12.2. The van der Waals surface area contributed by atoms with E-state index in [1.54, 1.807) is 0 Å². The molecule has 0 radical (unpaired) electrons. The van der Waals surface area contributed by atoms with Crippen molar-refractivity contribution in [3.63, 3.8) is 0 Å². The highest BCUT2D eigenvalue weighted by atomic mass is 16.3. The monoisotopic (exact) mass is 226 g/mol. The number of aliphatic hydroxyl groups excluding tert-OH is 1. The van der Waals surface area contributed by atoms with Crippen LogP contribution in [0.4, 0.5) is 0 Å². The van der Waals surface area contributed by atoms with Crippen molar-refractivity contribution < 1.29 is 9.90 Å². The van der Waals surface area contributed by atoms with Crippen LogP contribution in [0.1, 0.15) is 32.6 Å². The van der Waals surface area contributed by atoms with Gasteiger partial charge in [-0.15, -0.1) is 0 Å². The first-order chi connectivity index (χ1) is 7.72. The minimum absolute atomic E-state index is 0.0350. The van der Waals surface area contributed by atoms with Crippen LogP contribution in [-0.4, -0.2) is 47.7 Å². The van der Waals surface area contributed by atoms with E-state index in [9.17, 15) is 9.90 Å². The third-order valence-corrected chi connectivity index (χ3v) is 3.89. The number of aliphatic hydroxyl groups is 1. The Morgan fingerprint density at radius 3 is 2.94 bits per heavy atom. The largest absolute Gasteiger partial charge is 0.393 e. The zero-order valence-corrected chi connectivity index (χ0v) is 9.98. The summed E-state index contributed by atoms with van der Waals surface area (Å²) in [6.45, 7) is 4.49. The number of rotatable bonds is 2. The van der Waals surface area contributed by atoms with E-state index in [0.717, 1.165) is 38.8 Å². The Balaban J connectivity index is 1.91. The molecule has 2 heterocycles. The fourth-order valence-electron chi connectivity index (χ4n) is 2.74. The number of likely N-dealkylation sites (tertiary alicyclic amines) is 1. The number of amides is 1. The summed E-state index contributed by atoms with van der Waals surface area (Å²) in [7, 11) is 0. The van der Waals surface area contributed by atoms with Gasteiger partial charge in [0.05, 0.1) is 12.1 Å². The molecule has 2 aliphatic rings. The van der Waals surface area contributed by atoms with E-state index in [1.807, 2.05) is 4.90 Å². The van der Waals surface area contributed by atoms with E-state index in [1.165, 1.54) is 0 Å². The van der Waals surface area contributed by atoms with Gasteiger partial charge in [0.1, 0.15) is 0 Å². The topological polar surface area (TPSA) is 52.6 Å². The molecular formula is C12H22N2O2. The molecule has 2 aliphatic heterocycles. The maximum Gasteiger partial charge on any atom is 0.239 e. The normalized spacial score (nSPS) is 35.4. The first-order valence-electron chi connectivity index (χ1n) is 6.42. The number of hydrogen-bond donors (Lipinski definition) is 2. The lowest BCUT2D eigenvalue weighted by Crippen LogP contribution is -2.51. The van der Waals surface area contributed by atoms with Gasteiger partial charge in [-0.05, 0) is 32.2 Å². The quantitative estimate of drug-likeness (QED) is 0.715. The molecule has 1 amide bonds. The molecule has 0 unspecified atom stereocenters. The summed E-state index contributed by atoms with van der Waals surface area (Å²) in [4.78, 5) is 14.1. The molecular weight excluding hydrogens is 204 g/mol. The number of nitrogens with zero attached hydrogens (tertiary/aromatic N) is 1. The average Bonchev–Trinajstić information content (AvgIpc) is 2.82. The molecule has 0 saturated carbocycles. The Bertz CT molecular complexity index is 251. The molecule has 2 N–H and O–H groups in total. The molecule has 16 heavy (non-hydrogen) atoms.